The van der Waals surface area contributed by atoms with E-state index in [2.05, 4.69) is 0 Å². The summed E-state index contributed by atoms with van der Waals surface area (Å²) in [5.41, 5.74) is 2.39. The van der Waals surface area contributed by atoms with Crippen molar-refractivity contribution in [2.24, 2.45) is 4.99 Å². The third-order valence-electron chi connectivity index (χ3n) is 4.21. The van der Waals surface area contributed by atoms with Gasteiger partial charge in [-0.05, 0) is 53.2 Å². The number of aromatic nitrogens is 1. The number of hydrogen-bond donors (Lipinski definition) is 0. The van der Waals surface area contributed by atoms with Crippen LogP contribution in [0.1, 0.15) is 68.4 Å². The molecule has 0 unspecified atom stereocenters. The van der Waals surface area contributed by atoms with Crippen LogP contribution in [0, 0.1) is 0 Å². The highest BCUT2D eigenvalue weighted by atomic mass is 16.5. The molecule has 1 aromatic carbocycles. The van der Waals surface area contributed by atoms with Crippen molar-refractivity contribution in [2.45, 2.75) is 53.6 Å². The summed E-state index contributed by atoms with van der Waals surface area (Å²) >= 11 is 0. The second-order valence-electron chi connectivity index (χ2n) is 7.13. The Balaban J connectivity index is 3.05. The Hall–Kier alpha value is -2.89. The van der Waals surface area contributed by atoms with E-state index in [9.17, 15) is 9.59 Å². The zero-order chi connectivity index (χ0) is 21.6. The lowest BCUT2D eigenvalue weighted by molar-refractivity contribution is 0.0465. The van der Waals surface area contributed by atoms with Crippen molar-refractivity contribution in [3.05, 3.63) is 53.1 Å². The van der Waals surface area contributed by atoms with E-state index in [1.807, 2.05) is 64.1 Å². The van der Waals surface area contributed by atoms with Crippen LogP contribution in [-0.2, 0) is 9.47 Å². The number of rotatable bonds is 7. The molecule has 1 aromatic heterocycles. The molecule has 0 aliphatic rings. The molecule has 1 heterocycles. The average molecular weight is 399 g/mol. The van der Waals surface area contributed by atoms with Crippen LogP contribution in [0.4, 0.5) is 0 Å². The number of nitrogens with zero attached hydrogens (tertiary/aromatic N) is 2. The van der Waals surface area contributed by atoms with E-state index < -0.39 is 11.9 Å². The number of ether oxygens (including phenoxy) is 2. The minimum absolute atomic E-state index is 0.00659. The van der Waals surface area contributed by atoms with Gasteiger partial charge in [-0.15, -0.1) is 0 Å². The lowest BCUT2D eigenvalue weighted by Crippen LogP contribution is -2.33. The van der Waals surface area contributed by atoms with Crippen LogP contribution in [0.15, 0.2) is 41.4 Å². The molecule has 0 N–H and O–H groups in total. The summed E-state index contributed by atoms with van der Waals surface area (Å²) in [6.07, 6.45) is 0. The number of carbonyl (C=O) groups is 2. The van der Waals surface area contributed by atoms with Crippen molar-refractivity contribution in [1.29, 1.82) is 0 Å². The van der Waals surface area contributed by atoms with Gasteiger partial charge in [-0.25, -0.2) is 9.59 Å². The van der Waals surface area contributed by atoms with Gasteiger partial charge in [0.15, 0.2) is 0 Å². The van der Waals surface area contributed by atoms with Crippen LogP contribution in [-0.4, -0.2) is 35.8 Å². The van der Waals surface area contributed by atoms with Gasteiger partial charge in [0, 0.05) is 17.6 Å². The quantitative estimate of drug-likeness (QED) is 0.648. The maximum Gasteiger partial charge on any atom is 0.355 e. The monoisotopic (exact) mass is 398 g/mol. The second kappa shape index (κ2) is 10.0. The summed E-state index contributed by atoms with van der Waals surface area (Å²) in [4.78, 5) is 30.8. The van der Waals surface area contributed by atoms with Gasteiger partial charge in [-0.1, -0.05) is 30.3 Å². The molecule has 29 heavy (non-hydrogen) atoms. The zero-order valence-corrected chi connectivity index (χ0v) is 18.1. The molecule has 0 aliphatic carbocycles. The molecule has 0 bridgehead atoms. The van der Waals surface area contributed by atoms with Gasteiger partial charge in [0.25, 0.3) is 0 Å². The summed E-state index contributed by atoms with van der Waals surface area (Å²) < 4.78 is 12.4. The molecule has 0 aliphatic heterocycles. The first kappa shape index (κ1) is 22.4. The lowest BCUT2D eigenvalue weighted by Gasteiger charge is -2.22. The van der Waals surface area contributed by atoms with Crippen molar-refractivity contribution < 1.29 is 19.1 Å². The van der Waals surface area contributed by atoms with E-state index in [-0.39, 0.29) is 36.6 Å². The van der Waals surface area contributed by atoms with Crippen LogP contribution in [0.2, 0.25) is 0 Å². The maximum atomic E-state index is 13.0. The molecule has 2 aromatic rings. The molecule has 0 fully saturated rings. The third kappa shape index (κ3) is 5.13. The number of benzene rings is 1. The highest BCUT2D eigenvalue weighted by Gasteiger charge is 2.29. The summed E-state index contributed by atoms with van der Waals surface area (Å²) in [5.74, 6) is -1.12. The van der Waals surface area contributed by atoms with E-state index in [0.29, 0.717) is 11.1 Å². The molecule has 0 amide bonds. The summed E-state index contributed by atoms with van der Waals surface area (Å²) in [6.45, 7) is 11.7. The average Bonchev–Trinajstić information content (AvgIpc) is 2.67. The molecule has 0 atom stereocenters. The summed E-state index contributed by atoms with van der Waals surface area (Å²) in [7, 11) is 0. The largest absolute Gasteiger partial charge is 0.462 e. The van der Waals surface area contributed by atoms with Crippen molar-refractivity contribution in [3.63, 3.8) is 0 Å². The predicted octanol–water partition coefficient (Wildman–Crippen LogP) is 4.40. The van der Waals surface area contributed by atoms with Crippen molar-refractivity contribution >= 4 is 11.9 Å². The standard InChI is InChI=1S/C23H30N2O4/c1-7-28-22(26)20-18(17-12-10-9-11-13-17)14-19(24-15(3)4)25(16(5)6)21(20)23(27)29-8-2/h9-16H,7-8H2,1-6H3. The lowest BCUT2D eigenvalue weighted by atomic mass is 9.97. The number of pyridine rings is 1. The van der Waals surface area contributed by atoms with Gasteiger partial charge in [-0.2, -0.15) is 0 Å². The molecular weight excluding hydrogens is 368 g/mol. The van der Waals surface area contributed by atoms with Crippen LogP contribution in [0.3, 0.4) is 0 Å². The highest BCUT2D eigenvalue weighted by molar-refractivity contribution is 6.06. The minimum Gasteiger partial charge on any atom is -0.462 e. The van der Waals surface area contributed by atoms with E-state index >= 15 is 0 Å². The first-order valence-corrected chi connectivity index (χ1v) is 10.0. The number of esters is 2. The Labute approximate surface area is 172 Å². The van der Waals surface area contributed by atoms with E-state index in [1.54, 1.807) is 18.4 Å². The number of carbonyl (C=O) groups excluding carboxylic acids is 2. The predicted molar refractivity (Wildman–Crippen MR) is 113 cm³/mol. The van der Waals surface area contributed by atoms with E-state index in [1.165, 1.54) is 0 Å². The third-order valence-corrected chi connectivity index (χ3v) is 4.21. The van der Waals surface area contributed by atoms with Gasteiger partial charge in [0.1, 0.15) is 11.2 Å². The van der Waals surface area contributed by atoms with Crippen molar-refractivity contribution in [3.8, 4) is 11.1 Å². The summed E-state index contributed by atoms with van der Waals surface area (Å²) in [5, 5.41) is 0. The van der Waals surface area contributed by atoms with Gasteiger partial charge in [-0.3, -0.25) is 4.99 Å². The molecule has 2 rings (SSSR count). The summed E-state index contributed by atoms with van der Waals surface area (Å²) in [6, 6.07) is 11.2. The fraction of sp³-hybridized carbons (Fsp3) is 0.435. The van der Waals surface area contributed by atoms with Gasteiger partial charge < -0.3 is 14.0 Å². The highest BCUT2D eigenvalue weighted by Crippen LogP contribution is 2.28. The van der Waals surface area contributed by atoms with Crippen molar-refractivity contribution in [1.82, 2.24) is 4.57 Å². The SMILES string of the molecule is CCOC(=O)c1c(-c2ccccc2)cc(=NC(C)C)n(C(C)C)c1C(=O)OCC. The molecule has 0 saturated heterocycles. The van der Waals surface area contributed by atoms with Gasteiger partial charge in [0.05, 0.1) is 18.8 Å². The Bertz CT molecular complexity index is 928. The molecule has 6 nitrogen and oxygen atoms in total. The normalized spacial score (nSPS) is 11.8. The van der Waals surface area contributed by atoms with Crippen LogP contribution >= 0.6 is 0 Å². The van der Waals surface area contributed by atoms with E-state index in [4.69, 9.17) is 14.5 Å². The molecule has 0 saturated carbocycles. The number of hydrogen-bond acceptors (Lipinski definition) is 5. The fourth-order valence-corrected chi connectivity index (χ4v) is 3.18. The van der Waals surface area contributed by atoms with Crippen LogP contribution < -0.4 is 5.49 Å². The van der Waals surface area contributed by atoms with E-state index in [0.717, 1.165) is 5.56 Å². The van der Waals surface area contributed by atoms with Gasteiger partial charge in [0.2, 0.25) is 0 Å². The Kier molecular flexibility index (Phi) is 7.76. The molecule has 0 spiro atoms. The minimum atomic E-state index is -0.567. The topological polar surface area (TPSA) is 69.9 Å². The molecular formula is C23H30N2O4. The van der Waals surface area contributed by atoms with Crippen molar-refractivity contribution in [2.75, 3.05) is 13.2 Å². The van der Waals surface area contributed by atoms with Gasteiger partial charge >= 0.3 is 11.9 Å². The Morgan fingerprint density at radius 1 is 0.966 bits per heavy atom. The molecule has 0 radical (unpaired) electrons. The first-order valence-electron chi connectivity index (χ1n) is 10.0. The van der Waals surface area contributed by atoms with Crippen LogP contribution in [0.5, 0.6) is 0 Å². The fourth-order valence-electron chi connectivity index (χ4n) is 3.18. The first-order chi connectivity index (χ1) is 13.8. The zero-order valence-electron chi connectivity index (χ0n) is 18.1. The Morgan fingerprint density at radius 2 is 1.55 bits per heavy atom. The molecule has 156 valence electrons. The second-order valence-corrected chi connectivity index (χ2v) is 7.13. The smallest absolute Gasteiger partial charge is 0.355 e. The maximum absolute atomic E-state index is 13.0. The Morgan fingerprint density at radius 3 is 2.07 bits per heavy atom. The van der Waals surface area contributed by atoms with Crippen LogP contribution in [0.25, 0.3) is 11.1 Å². The molecule has 6 heteroatoms.